The van der Waals surface area contributed by atoms with E-state index in [0.29, 0.717) is 0 Å². The molecule has 0 bridgehead atoms. The van der Waals surface area contributed by atoms with Gasteiger partial charge in [0.15, 0.2) is 11.9 Å². The Hall–Kier alpha value is -0.370. The molecule has 2 heteroatoms. The molecule has 0 atom stereocenters. The van der Waals surface area contributed by atoms with Crippen LogP contribution in [-0.4, -0.2) is 0 Å². The molecule has 0 aliphatic heterocycles. The van der Waals surface area contributed by atoms with Gasteiger partial charge < -0.3 is 17.0 Å². The summed E-state index contributed by atoms with van der Waals surface area (Å²) in [7, 11) is 0. The molecule has 1 aromatic heterocycles. The minimum Gasteiger partial charge on any atom is -1.00 e. The van der Waals surface area contributed by atoms with Crippen LogP contribution in [0.3, 0.4) is 0 Å². The third-order valence-corrected chi connectivity index (χ3v) is 2.19. The number of aromatic nitrogens is 1. The summed E-state index contributed by atoms with van der Waals surface area (Å²) < 4.78 is 2.33. The molecule has 1 nitrogen and oxygen atoms in total. The van der Waals surface area contributed by atoms with Crippen LogP contribution in [0.1, 0.15) is 31.5 Å². The normalized spacial score (nSPS) is 9.46. The number of nitrogens with zero attached hydrogens (tertiary/aromatic N) is 1. The molecule has 0 fully saturated rings. The second-order valence-corrected chi connectivity index (χ2v) is 3.23. The SMILES string of the molecule is CCC[n+]1cc(CC)ccc1C.[Br-]. The first-order chi connectivity index (χ1) is 5.77. The first-order valence-electron chi connectivity index (χ1n) is 4.77. The summed E-state index contributed by atoms with van der Waals surface area (Å²) >= 11 is 0. The highest BCUT2D eigenvalue weighted by atomic mass is 79.9. The van der Waals surface area contributed by atoms with Gasteiger partial charge in [0.2, 0.25) is 0 Å². The molecule has 0 aliphatic rings. The zero-order valence-electron chi connectivity index (χ0n) is 8.68. The lowest BCUT2D eigenvalue weighted by atomic mass is 10.2. The van der Waals surface area contributed by atoms with Gasteiger partial charge in [0.05, 0.1) is 0 Å². The van der Waals surface area contributed by atoms with Crippen LogP contribution in [0.25, 0.3) is 0 Å². The number of hydrogen-bond acceptors (Lipinski definition) is 0. The van der Waals surface area contributed by atoms with E-state index in [1.54, 1.807) is 0 Å². The zero-order chi connectivity index (χ0) is 8.97. The molecule has 0 aliphatic carbocycles. The molecule has 0 N–H and O–H groups in total. The van der Waals surface area contributed by atoms with Gasteiger partial charge in [-0.25, -0.2) is 4.57 Å². The Morgan fingerprint density at radius 2 is 1.92 bits per heavy atom. The highest BCUT2D eigenvalue weighted by Gasteiger charge is 2.04. The summed E-state index contributed by atoms with van der Waals surface area (Å²) in [5.74, 6) is 0. The lowest BCUT2D eigenvalue weighted by Gasteiger charge is -2.00. The number of rotatable bonds is 3. The number of aryl methyl sites for hydroxylation is 3. The van der Waals surface area contributed by atoms with E-state index >= 15 is 0 Å². The van der Waals surface area contributed by atoms with Gasteiger partial charge >= 0.3 is 0 Å². The maximum atomic E-state index is 2.33. The first-order valence-corrected chi connectivity index (χ1v) is 4.77. The van der Waals surface area contributed by atoms with Crippen LogP contribution in [0.4, 0.5) is 0 Å². The van der Waals surface area contributed by atoms with Gasteiger partial charge in [-0.1, -0.05) is 13.8 Å². The van der Waals surface area contributed by atoms with Crippen molar-refractivity contribution in [1.82, 2.24) is 0 Å². The first kappa shape index (κ1) is 12.6. The van der Waals surface area contributed by atoms with E-state index in [1.165, 1.54) is 17.7 Å². The third kappa shape index (κ3) is 3.47. The average molecular weight is 244 g/mol. The Morgan fingerprint density at radius 1 is 1.23 bits per heavy atom. The molecule has 0 aromatic carbocycles. The predicted octanol–water partition coefficient (Wildman–Crippen LogP) is -0.741. The Labute approximate surface area is 91.6 Å². The quantitative estimate of drug-likeness (QED) is 0.617. The molecule has 0 radical (unpaired) electrons. The van der Waals surface area contributed by atoms with Crippen LogP contribution in [0.2, 0.25) is 0 Å². The van der Waals surface area contributed by atoms with Gasteiger partial charge in [-0.15, -0.1) is 0 Å². The van der Waals surface area contributed by atoms with E-state index in [1.807, 2.05) is 0 Å². The van der Waals surface area contributed by atoms with Crippen LogP contribution in [-0.2, 0) is 13.0 Å². The fraction of sp³-hybridized carbons (Fsp3) is 0.545. The fourth-order valence-corrected chi connectivity index (χ4v) is 1.36. The van der Waals surface area contributed by atoms with Crippen LogP contribution in [0.15, 0.2) is 18.3 Å². The van der Waals surface area contributed by atoms with Gasteiger partial charge in [-0.05, 0) is 12.5 Å². The van der Waals surface area contributed by atoms with Gasteiger partial charge in [0.25, 0.3) is 0 Å². The number of hydrogen-bond donors (Lipinski definition) is 0. The molecule has 1 rings (SSSR count). The lowest BCUT2D eigenvalue weighted by Crippen LogP contribution is -3.00. The second kappa shape index (κ2) is 6.14. The van der Waals surface area contributed by atoms with E-state index < -0.39 is 0 Å². The Bertz CT molecular complexity index is 258. The molecule has 0 unspecified atom stereocenters. The number of halogens is 1. The third-order valence-electron chi connectivity index (χ3n) is 2.19. The summed E-state index contributed by atoms with van der Waals surface area (Å²) in [6.07, 6.45) is 4.60. The second-order valence-electron chi connectivity index (χ2n) is 3.23. The van der Waals surface area contributed by atoms with Crippen LogP contribution in [0, 0.1) is 6.92 Å². The molecule has 13 heavy (non-hydrogen) atoms. The highest BCUT2D eigenvalue weighted by Crippen LogP contribution is 1.98. The summed E-state index contributed by atoms with van der Waals surface area (Å²) in [6, 6.07) is 4.41. The van der Waals surface area contributed by atoms with Gasteiger partial charge in [-0.2, -0.15) is 0 Å². The van der Waals surface area contributed by atoms with Crippen molar-refractivity contribution < 1.29 is 21.5 Å². The standard InChI is InChI=1S/C11H18N.BrH/c1-4-8-12-9-11(5-2)7-6-10(12)3;/h6-7,9H,4-5,8H2,1-3H3;1H/q+1;/p-1. The van der Waals surface area contributed by atoms with Crippen molar-refractivity contribution in [3.05, 3.63) is 29.6 Å². The average Bonchev–Trinajstić information content (AvgIpc) is 2.09. The summed E-state index contributed by atoms with van der Waals surface area (Å²) in [6.45, 7) is 7.71. The van der Waals surface area contributed by atoms with E-state index in [0.717, 1.165) is 13.0 Å². The molecule has 1 aromatic rings. The maximum absolute atomic E-state index is 2.33. The summed E-state index contributed by atoms with van der Waals surface area (Å²) in [4.78, 5) is 0. The summed E-state index contributed by atoms with van der Waals surface area (Å²) in [5, 5.41) is 0. The van der Waals surface area contributed by atoms with Crippen molar-refractivity contribution in [2.24, 2.45) is 0 Å². The molecule has 0 saturated carbocycles. The van der Waals surface area contributed by atoms with Gasteiger partial charge in [0, 0.05) is 25.0 Å². The molecule has 74 valence electrons. The van der Waals surface area contributed by atoms with Crippen molar-refractivity contribution >= 4 is 0 Å². The maximum Gasteiger partial charge on any atom is 0.178 e. The molecule has 0 spiro atoms. The van der Waals surface area contributed by atoms with E-state index in [4.69, 9.17) is 0 Å². The van der Waals surface area contributed by atoms with Crippen molar-refractivity contribution in [1.29, 1.82) is 0 Å². The van der Waals surface area contributed by atoms with E-state index in [-0.39, 0.29) is 17.0 Å². The smallest absolute Gasteiger partial charge is 0.178 e. The Morgan fingerprint density at radius 3 is 2.46 bits per heavy atom. The largest absolute Gasteiger partial charge is 1.00 e. The zero-order valence-corrected chi connectivity index (χ0v) is 10.3. The van der Waals surface area contributed by atoms with Crippen molar-refractivity contribution in [2.75, 3.05) is 0 Å². The topological polar surface area (TPSA) is 3.88 Å². The van der Waals surface area contributed by atoms with Gasteiger partial charge in [-0.3, -0.25) is 0 Å². The van der Waals surface area contributed by atoms with Crippen molar-refractivity contribution in [3.8, 4) is 0 Å². The van der Waals surface area contributed by atoms with Crippen LogP contribution in [0.5, 0.6) is 0 Å². The molecular weight excluding hydrogens is 226 g/mol. The Kier molecular flexibility index (Phi) is 5.97. The predicted molar refractivity (Wildman–Crippen MR) is 51.0 cm³/mol. The minimum absolute atomic E-state index is 0. The van der Waals surface area contributed by atoms with Crippen LogP contribution >= 0.6 is 0 Å². The molecule has 0 amide bonds. The van der Waals surface area contributed by atoms with Gasteiger partial charge in [0.1, 0.15) is 6.54 Å². The minimum atomic E-state index is 0. The van der Waals surface area contributed by atoms with Crippen molar-refractivity contribution in [2.45, 2.75) is 40.2 Å². The highest BCUT2D eigenvalue weighted by molar-refractivity contribution is 5.08. The lowest BCUT2D eigenvalue weighted by molar-refractivity contribution is -0.703. The van der Waals surface area contributed by atoms with E-state index in [2.05, 4.69) is 43.7 Å². The van der Waals surface area contributed by atoms with Crippen LogP contribution < -0.4 is 21.5 Å². The summed E-state index contributed by atoms with van der Waals surface area (Å²) in [5.41, 5.74) is 2.78. The van der Waals surface area contributed by atoms with E-state index in [9.17, 15) is 0 Å². The monoisotopic (exact) mass is 243 g/mol. The fourth-order valence-electron chi connectivity index (χ4n) is 1.36. The molecule has 1 heterocycles. The Balaban J connectivity index is 0.00000144. The molecular formula is C11H18BrN. The van der Waals surface area contributed by atoms with Crippen molar-refractivity contribution in [3.63, 3.8) is 0 Å². The molecule has 0 saturated heterocycles. The number of pyridine rings is 1.